The van der Waals surface area contributed by atoms with Crippen LogP contribution in [0.15, 0.2) is 18.2 Å². The second kappa shape index (κ2) is 4.29. The maximum atomic E-state index is 12.8. The lowest BCUT2D eigenvalue weighted by Gasteiger charge is -2.21. The Morgan fingerprint density at radius 1 is 1.42 bits per heavy atom. The van der Waals surface area contributed by atoms with Gasteiger partial charge in [-0.15, -0.1) is 0 Å². The number of hydrogen-bond donors (Lipinski definition) is 1. The van der Waals surface area contributed by atoms with Gasteiger partial charge in [0.15, 0.2) is 0 Å². The number of hydrogen-bond acceptors (Lipinski definition) is 4. The number of halogens is 3. The lowest BCUT2D eigenvalue weighted by Crippen LogP contribution is -2.38. The Bertz CT molecular complexity index is 512. The maximum Gasteiger partial charge on any atom is 0.411 e. The Morgan fingerprint density at radius 3 is 2.47 bits per heavy atom. The third-order valence-electron chi connectivity index (χ3n) is 3.07. The lowest BCUT2D eigenvalue weighted by atomic mass is 10.2. The highest BCUT2D eigenvalue weighted by molar-refractivity contribution is 5.66. The number of anilines is 1. The van der Waals surface area contributed by atoms with Crippen molar-refractivity contribution in [2.24, 2.45) is 0 Å². The quantitative estimate of drug-likeness (QED) is 0.678. The summed E-state index contributed by atoms with van der Waals surface area (Å²) in [5.41, 5.74) is -2.62. The first-order valence-corrected chi connectivity index (χ1v) is 5.46. The van der Waals surface area contributed by atoms with Crippen LogP contribution in [0, 0.1) is 10.1 Å². The van der Waals surface area contributed by atoms with Gasteiger partial charge in [-0.25, -0.2) is 0 Å². The molecule has 0 atom stereocenters. The van der Waals surface area contributed by atoms with E-state index in [1.165, 1.54) is 19.2 Å². The Morgan fingerprint density at radius 2 is 2.05 bits per heavy atom. The summed E-state index contributed by atoms with van der Waals surface area (Å²) in [5.74, 6) is 0.217. The molecule has 0 spiro atoms. The van der Waals surface area contributed by atoms with Gasteiger partial charge in [0, 0.05) is 0 Å². The molecule has 19 heavy (non-hydrogen) atoms. The van der Waals surface area contributed by atoms with Crippen molar-refractivity contribution < 1.29 is 22.8 Å². The van der Waals surface area contributed by atoms with E-state index in [9.17, 15) is 23.3 Å². The summed E-state index contributed by atoms with van der Waals surface area (Å²) in [6.45, 7) is 0. The minimum Gasteiger partial charge on any atom is -0.496 e. The normalized spacial score (nSPS) is 16.8. The van der Waals surface area contributed by atoms with Crippen LogP contribution in [0.1, 0.15) is 12.8 Å². The standard InChI is InChI=1S/C11H11F3N2O3/c1-19-7-2-3-8(9(6-7)16(17)18)15-10(4-5-10)11(12,13)14/h2-3,6,15H,4-5H2,1H3. The minimum absolute atomic E-state index is 0.0836. The summed E-state index contributed by atoms with van der Waals surface area (Å²) >= 11 is 0. The molecule has 1 aromatic rings. The van der Waals surface area contributed by atoms with Crippen LogP contribution in [-0.4, -0.2) is 23.7 Å². The Balaban J connectivity index is 2.33. The van der Waals surface area contributed by atoms with Gasteiger partial charge >= 0.3 is 6.18 Å². The third-order valence-corrected chi connectivity index (χ3v) is 3.07. The van der Waals surface area contributed by atoms with E-state index in [2.05, 4.69) is 5.32 Å². The van der Waals surface area contributed by atoms with E-state index in [-0.39, 0.29) is 24.3 Å². The number of ether oxygens (including phenoxy) is 1. The second-order valence-electron chi connectivity index (χ2n) is 4.35. The van der Waals surface area contributed by atoms with E-state index in [0.29, 0.717) is 0 Å². The number of nitro benzene ring substituents is 1. The van der Waals surface area contributed by atoms with Crippen molar-refractivity contribution in [3.05, 3.63) is 28.3 Å². The molecular formula is C11H11F3N2O3. The topological polar surface area (TPSA) is 64.4 Å². The smallest absolute Gasteiger partial charge is 0.411 e. The molecule has 8 heteroatoms. The number of nitro groups is 1. The van der Waals surface area contributed by atoms with Gasteiger partial charge in [-0.1, -0.05) is 0 Å². The van der Waals surface area contributed by atoms with Crippen molar-refractivity contribution >= 4 is 11.4 Å². The fourth-order valence-electron chi connectivity index (χ4n) is 1.76. The van der Waals surface area contributed by atoms with Gasteiger partial charge in [0.25, 0.3) is 5.69 Å². The molecule has 0 amide bonds. The van der Waals surface area contributed by atoms with Crippen LogP contribution in [0.25, 0.3) is 0 Å². The summed E-state index contributed by atoms with van der Waals surface area (Å²) < 4.78 is 43.2. The fraction of sp³-hybridized carbons (Fsp3) is 0.455. The Kier molecular flexibility index (Phi) is 3.03. The molecule has 0 unspecified atom stereocenters. The maximum absolute atomic E-state index is 12.8. The molecule has 1 aromatic carbocycles. The van der Waals surface area contributed by atoms with Gasteiger partial charge < -0.3 is 10.1 Å². The molecule has 1 N–H and O–H groups in total. The van der Waals surface area contributed by atoms with Crippen LogP contribution in [-0.2, 0) is 0 Å². The van der Waals surface area contributed by atoms with Crippen molar-refractivity contribution in [1.29, 1.82) is 0 Å². The molecule has 0 radical (unpaired) electrons. The number of alkyl halides is 3. The number of nitrogens with zero attached hydrogens (tertiary/aromatic N) is 1. The molecule has 2 rings (SSSR count). The van der Waals surface area contributed by atoms with E-state index < -0.39 is 22.3 Å². The van der Waals surface area contributed by atoms with E-state index in [1.54, 1.807) is 0 Å². The summed E-state index contributed by atoms with van der Waals surface area (Å²) in [5, 5.41) is 13.1. The van der Waals surface area contributed by atoms with Gasteiger partial charge in [-0.2, -0.15) is 13.2 Å². The van der Waals surface area contributed by atoms with E-state index in [0.717, 1.165) is 6.07 Å². The SMILES string of the molecule is COc1ccc(NC2(C(F)(F)F)CC2)c([N+](=O)[O-])c1. The molecule has 0 bridgehead atoms. The molecule has 104 valence electrons. The molecule has 1 saturated carbocycles. The minimum atomic E-state index is -4.43. The predicted octanol–water partition coefficient (Wildman–Crippen LogP) is 3.11. The van der Waals surface area contributed by atoms with E-state index >= 15 is 0 Å². The first kappa shape index (κ1) is 13.4. The van der Waals surface area contributed by atoms with Gasteiger partial charge in [0.05, 0.1) is 18.1 Å². The van der Waals surface area contributed by atoms with Crippen molar-refractivity contribution in [3.63, 3.8) is 0 Å². The number of rotatable bonds is 4. The van der Waals surface area contributed by atoms with E-state index in [4.69, 9.17) is 4.74 Å². The fourth-order valence-corrected chi connectivity index (χ4v) is 1.76. The lowest BCUT2D eigenvalue weighted by molar-refractivity contribution is -0.384. The molecule has 0 aliphatic heterocycles. The van der Waals surface area contributed by atoms with E-state index in [1.807, 2.05) is 0 Å². The average molecular weight is 276 g/mol. The van der Waals surface area contributed by atoms with Gasteiger partial charge in [-0.3, -0.25) is 10.1 Å². The number of benzene rings is 1. The van der Waals surface area contributed by atoms with Crippen molar-refractivity contribution in [2.75, 3.05) is 12.4 Å². The molecule has 0 aromatic heterocycles. The highest BCUT2D eigenvalue weighted by Crippen LogP contribution is 2.52. The first-order valence-electron chi connectivity index (χ1n) is 5.46. The molecule has 1 aliphatic carbocycles. The molecule has 0 heterocycles. The number of nitrogens with one attached hydrogen (secondary N) is 1. The van der Waals surface area contributed by atoms with Gasteiger partial charge in [-0.05, 0) is 25.0 Å². The van der Waals surface area contributed by atoms with Gasteiger partial charge in [0.2, 0.25) is 0 Å². The average Bonchev–Trinajstić information content (AvgIpc) is 3.09. The molecule has 5 nitrogen and oxygen atoms in total. The summed E-state index contributed by atoms with van der Waals surface area (Å²) in [7, 11) is 1.32. The predicted molar refractivity (Wildman–Crippen MR) is 61.3 cm³/mol. The molecule has 1 fully saturated rings. The number of methoxy groups -OCH3 is 1. The summed E-state index contributed by atoms with van der Waals surface area (Å²) in [6, 6.07) is 3.69. The highest BCUT2D eigenvalue weighted by Gasteiger charge is 2.63. The largest absolute Gasteiger partial charge is 0.496 e. The highest BCUT2D eigenvalue weighted by atomic mass is 19.4. The molecule has 1 aliphatic rings. The van der Waals surface area contributed by atoms with Crippen LogP contribution in [0.5, 0.6) is 5.75 Å². The zero-order valence-electron chi connectivity index (χ0n) is 9.95. The van der Waals surface area contributed by atoms with Crippen molar-refractivity contribution in [3.8, 4) is 5.75 Å². The van der Waals surface area contributed by atoms with Crippen LogP contribution in [0.4, 0.5) is 24.5 Å². The van der Waals surface area contributed by atoms with Crippen molar-refractivity contribution in [1.82, 2.24) is 0 Å². The van der Waals surface area contributed by atoms with Crippen LogP contribution >= 0.6 is 0 Å². The monoisotopic (exact) mass is 276 g/mol. The molecular weight excluding hydrogens is 265 g/mol. The van der Waals surface area contributed by atoms with Crippen LogP contribution < -0.4 is 10.1 Å². The summed E-state index contributed by atoms with van der Waals surface area (Å²) in [6.07, 6.45) is -4.60. The van der Waals surface area contributed by atoms with Gasteiger partial charge in [0.1, 0.15) is 17.0 Å². The summed E-state index contributed by atoms with van der Waals surface area (Å²) in [4.78, 5) is 10.1. The zero-order chi connectivity index (χ0) is 14.3. The second-order valence-corrected chi connectivity index (χ2v) is 4.35. The first-order chi connectivity index (χ1) is 8.79. The Hall–Kier alpha value is -1.99. The van der Waals surface area contributed by atoms with Crippen molar-refractivity contribution in [2.45, 2.75) is 24.6 Å². The third kappa shape index (κ3) is 2.42. The molecule has 0 saturated heterocycles. The van der Waals surface area contributed by atoms with Crippen LogP contribution in [0.3, 0.4) is 0 Å². The van der Waals surface area contributed by atoms with Crippen LogP contribution in [0.2, 0.25) is 0 Å². The Labute approximate surface area is 106 Å². The zero-order valence-corrected chi connectivity index (χ0v) is 9.95.